The minimum Gasteiger partial charge on any atom is -0.295 e. The van der Waals surface area contributed by atoms with Crippen LogP contribution in [0, 0.1) is 0 Å². The molecule has 2 nitrogen and oxygen atoms in total. The summed E-state index contributed by atoms with van der Waals surface area (Å²) in [6.07, 6.45) is 5.50. The van der Waals surface area contributed by atoms with Crippen LogP contribution >= 0.6 is 0 Å². The number of carbonyl (C=O) groups is 2. The average molecular weight is 178 g/mol. The van der Waals surface area contributed by atoms with Gasteiger partial charge in [0.1, 0.15) is 0 Å². The minimum absolute atomic E-state index is 0.0299. The smallest absolute Gasteiger partial charge is 0.159 e. The molecule has 0 unspecified atom stereocenters. The predicted molar refractivity (Wildman–Crippen MR) is 51.4 cm³/mol. The van der Waals surface area contributed by atoms with Gasteiger partial charge in [0.25, 0.3) is 0 Å². The number of Topliss-reactive ketones (excluding diaryl/α,β-unsaturated/α-hetero) is 1. The van der Waals surface area contributed by atoms with Crippen LogP contribution in [-0.2, 0) is 9.59 Å². The number of ketones is 2. The van der Waals surface area contributed by atoms with Crippen molar-refractivity contribution in [2.24, 2.45) is 0 Å². The molecule has 0 amide bonds. The number of hydrogen-bond donors (Lipinski definition) is 0. The van der Waals surface area contributed by atoms with Gasteiger partial charge in [0.15, 0.2) is 11.6 Å². The van der Waals surface area contributed by atoms with Gasteiger partial charge in [-0.15, -0.1) is 0 Å². The number of rotatable bonds is 3. The Morgan fingerprint density at radius 2 is 2.15 bits per heavy atom. The van der Waals surface area contributed by atoms with Gasteiger partial charge >= 0.3 is 0 Å². The summed E-state index contributed by atoms with van der Waals surface area (Å²) in [4.78, 5) is 22.0. The molecule has 0 aliphatic heterocycles. The molecule has 1 aliphatic carbocycles. The standard InChI is InChI=1S/C11H14O2/c1-3-10-9(5-4-8(2)12)6-7-11(10)13/h4-5H,3,6-7H2,1-2H3/b5-4+. The fourth-order valence-electron chi connectivity index (χ4n) is 1.56. The summed E-state index contributed by atoms with van der Waals surface area (Å²) in [6.45, 7) is 3.49. The van der Waals surface area contributed by atoms with E-state index in [1.165, 1.54) is 13.0 Å². The molecule has 0 fully saturated rings. The van der Waals surface area contributed by atoms with Crippen LogP contribution in [0.25, 0.3) is 0 Å². The van der Waals surface area contributed by atoms with Gasteiger partial charge in [-0.2, -0.15) is 0 Å². The van der Waals surface area contributed by atoms with Crippen LogP contribution in [0.3, 0.4) is 0 Å². The van der Waals surface area contributed by atoms with Gasteiger partial charge in [0, 0.05) is 6.42 Å². The van der Waals surface area contributed by atoms with Crippen molar-refractivity contribution in [1.82, 2.24) is 0 Å². The van der Waals surface area contributed by atoms with Crippen LogP contribution in [0.1, 0.15) is 33.1 Å². The van der Waals surface area contributed by atoms with Crippen molar-refractivity contribution >= 4 is 11.6 Å². The number of allylic oxidation sites excluding steroid dienone is 4. The van der Waals surface area contributed by atoms with E-state index in [4.69, 9.17) is 0 Å². The molecule has 0 aromatic carbocycles. The summed E-state index contributed by atoms with van der Waals surface area (Å²) in [5.74, 6) is 0.271. The van der Waals surface area contributed by atoms with Gasteiger partial charge in [-0.25, -0.2) is 0 Å². The lowest BCUT2D eigenvalue weighted by molar-refractivity contribution is -0.115. The molecule has 1 rings (SSSR count). The van der Waals surface area contributed by atoms with E-state index in [-0.39, 0.29) is 11.6 Å². The Hall–Kier alpha value is -1.18. The molecule has 0 bridgehead atoms. The molecule has 1 aliphatic rings. The van der Waals surface area contributed by atoms with E-state index in [2.05, 4.69) is 0 Å². The normalized spacial score (nSPS) is 17.5. The lowest BCUT2D eigenvalue weighted by Gasteiger charge is -1.96. The van der Waals surface area contributed by atoms with E-state index in [1.54, 1.807) is 6.08 Å². The molecule has 0 atom stereocenters. The second-order valence-electron chi connectivity index (χ2n) is 3.22. The Bertz CT molecular complexity index is 295. The summed E-state index contributed by atoms with van der Waals surface area (Å²) >= 11 is 0. The molecule has 0 aromatic rings. The minimum atomic E-state index is 0.0299. The summed E-state index contributed by atoms with van der Waals surface area (Å²) in [5, 5.41) is 0. The first-order chi connectivity index (χ1) is 6.15. The van der Waals surface area contributed by atoms with Gasteiger partial charge in [0.05, 0.1) is 0 Å². The summed E-state index contributed by atoms with van der Waals surface area (Å²) < 4.78 is 0. The van der Waals surface area contributed by atoms with Gasteiger partial charge in [0.2, 0.25) is 0 Å². The SMILES string of the molecule is CCC1=C(/C=C/C(C)=O)CCC1=O. The highest BCUT2D eigenvalue weighted by molar-refractivity contribution is 5.99. The van der Waals surface area contributed by atoms with Crippen LogP contribution in [-0.4, -0.2) is 11.6 Å². The first-order valence-electron chi connectivity index (χ1n) is 4.59. The third kappa shape index (κ3) is 2.38. The van der Waals surface area contributed by atoms with Gasteiger partial charge in [-0.1, -0.05) is 13.0 Å². The van der Waals surface area contributed by atoms with Crippen LogP contribution in [0.2, 0.25) is 0 Å². The summed E-state index contributed by atoms with van der Waals surface area (Å²) in [6, 6.07) is 0. The third-order valence-electron chi connectivity index (χ3n) is 2.22. The Morgan fingerprint density at radius 3 is 2.69 bits per heavy atom. The highest BCUT2D eigenvalue weighted by atomic mass is 16.1. The first-order valence-corrected chi connectivity index (χ1v) is 4.59. The van der Waals surface area contributed by atoms with Gasteiger partial charge in [-0.3, -0.25) is 9.59 Å². The molecular weight excluding hydrogens is 164 g/mol. The molecular formula is C11H14O2. The maximum absolute atomic E-state index is 11.3. The van der Waals surface area contributed by atoms with Crippen molar-refractivity contribution in [3.63, 3.8) is 0 Å². The molecule has 0 aromatic heterocycles. The predicted octanol–water partition coefficient (Wildman–Crippen LogP) is 2.20. The molecule has 0 heterocycles. The maximum atomic E-state index is 11.3. The molecule has 2 heteroatoms. The Labute approximate surface area is 78.3 Å². The zero-order valence-electron chi connectivity index (χ0n) is 8.09. The lowest BCUT2D eigenvalue weighted by Crippen LogP contribution is -1.93. The Balaban J connectivity index is 2.83. The molecule has 0 radical (unpaired) electrons. The third-order valence-corrected chi connectivity index (χ3v) is 2.22. The highest BCUT2D eigenvalue weighted by Crippen LogP contribution is 2.25. The van der Waals surface area contributed by atoms with E-state index in [1.807, 2.05) is 6.92 Å². The van der Waals surface area contributed by atoms with Crippen LogP contribution < -0.4 is 0 Å². The largest absolute Gasteiger partial charge is 0.295 e. The molecule has 0 saturated heterocycles. The van der Waals surface area contributed by atoms with E-state index in [0.29, 0.717) is 6.42 Å². The van der Waals surface area contributed by atoms with Crippen LogP contribution in [0.15, 0.2) is 23.3 Å². The van der Waals surface area contributed by atoms with Crippen molar-refractivity contribution in [2.75, 3.05) is 0 Å². The van der Waals surface area contributed by atoms with Crippen molar-refractivity contribution in [2.45, 2.75) is 33.1 Å². The highest BCUT2D eigenvalue weighted by Gasteiger charge is 2.19. The van der Waals surface area contributed by atoms with Gasteiger partial charge < -0.3 is 0 Å². The monoisotopic (exact) mass is 178 g/mol. The van der Waals surface area contributed by atoms with Crippen LogP contribution in [0.5, 0.6) is 0 Å². The van der Waals surface area contributed by atoms with E-state index < -0.39 is 0 Å². The van der Waals surface area contributed by atoms with E-state index in [9.17, 15) is 9.59 Å². The molecule has 0 N–H and O–H groups in total. The molecule has 13 heavy (non-hydrogen) atoms. The molecule has 0 saturated carbocycles. The number of carbonyl (C=O) groups excluding carboxylic acids is 2. The molecule has 0 spiro atoms. The maximum Gasteiger partial charge on any atom is 0.159 e. The second kappa shape index (κ2) is 4.17. The Morgan fingerprint density at radius 1 is 1.46 bits per heavy atom. The van der Waals surface area contributed by atoms with Crippen molar-refractivity contribution in [1.29, 1.82) is 0 Å². The second-order valence-corrected chi connectivity index (χ2v) is 3.22. The fraction of sp³-hybridized carbons (Fsp3) is 0.455. The first kappa shape index (κ1) is 9.90. The Kier molecular flexibility index (Phi) is 3.18. The van der Waals surface area contributed by atoms with E-state index >= 15 is 0 Å². The van der Waals surface area contributed by atoms with Crippen molar-refractivity contribution < 1.29 is 9.59 Å². The lowest BCUT2D eigenvalue weighted by atomic mass is 10.1. The quantitative estimate of drug-likeness (QED) is 0.621. The summed E-state index contributed by atoms with van der Waals surface area (Å²) in [5.41, 5.74) is 1.94. The average Bonchev–Trinajstić information content (AvgIpc) is 2.42. The summed E-state index contributed by atoms with van der Waals surface area (Å²) in [7, 11) is 0. The number of hydrogen-bond acceptors (Lipinski definition) is 2. The topological polar surface area (TPSA) is 34.1 Å². The zero-order chi connectivity index (χ0) is 9.84. The van der Waals surface area contributed by atoms with Gasteiger partial charge in [-0.05, 0) is 37.0 Å². The van der Waals surface area contributed by atoms with Crippen LogP contribution in [0.4, 0.5) is 0 Å². The zero-order valence-corrected chi connectivity index (χ0v) is 8.09. The fourth-order valence-corrected chi connectivity index (χ4v) is 1.56. The van der Waals surface area contributed by atoms with E-state index in [0.717, 1.165) is 24.0 Å². The van der Waals surface area contributed by atoms with Crippen molar-refractivity contribution in [3.8, 4) is 0 Å². The molecule has 70 valence electrons. The van der Waals surface area contributed by atoms with Crippen molar-refractivity contribution in [3.05, 3.63) is 23.3 Å².